The Kier molecular flexibility index (Phi) is 6.68. The third kappa shape index (κ3) is 5.57. The van der Waals surface area contributed by atoms with Gasteiger partial charge in [-0.3, -0.25) is 4.99 Å². The normalized spacial score (nSPS) is 23.1. The molecule has 0 aromatic carbocycles. The van der Waals surface area contributed by atoms with E-state index < -0.39 is 0 Å². The van der Waals surface area contributed by atoms with Gasteiger partial charge in [-0.05, 0) is 43.2 Å². The van der Waals surface area contributed by atoms with Gasteiger partial charge >= 0.3 is 0 Å². The Labute approximate surface area is 155 Å². The molecule has 0 spiro atoms. The second kappa shape index (κ2) is 9.19. The van der Waals surface area contributed by atoms with E-state index in [9.17, 15) is 5.11 Å². The highest BCUT2D eigenvalue weighted by Crippen LogP contribution is 2.31. The fourth-order valence-electron chi connectivity index (χ4n) is 3.12. The van der Waals surface area contributed by atoms with E-state index in [1.807, 2.05) is 12.1 Å². The number of aliphatic hydroxyl groups excluding tert-OH is 1. The molecule has 3 rings (SSSR count). The second-order valence-electron chi connectivity index (χ2n) is 7.31. The first-order valence-corrected chi connectivity index (χ1v) is 9.44. The summed E-state index contributed by atoms with van der Waals surface area (Å²) in [7, 11) is 1.76. The Morgan fingerprint density at radius 3 is 3.04 bits per heavy atom. The third-order valence-electron chi connectivity index (χ3n) is 5.10. The SMILES string of the molecule is CN=C(NCc1ccnc(OCC2CC2)c1)NCC1(CCO)CCOC1. The number of aliphatic imine (C=N–C) groups is 1. The summed E-state index contributed by atoms with van der Waals surface area (Å²) in [4.78, 5) is 8.56. The summed E-state index contributed by atoms with van der Waals surface area (Å²) >= 11 is 0. The van der Waals surface area contributed by atoms with Crippen LogP contribution in [0.25, 0.3) is 0 Å². The molecule has 3 N–H and O–H groups in total. The molecule has 0 amide bonds. The summed E-state index contributed by atoms with van der Waals surface area (Å²) in [6, 6.07) is 3.95. The predicted octanol–water partition coefficient (Wildman–Crippen LogP) is 1.32. The molecule has 1 saturated carbocycles. The lowest BCUT2D eigenvalue weighted by atomic mass is 9.84. The standard InChI is InChI=1S/C19H30N4O3/c1-20-18(23-13-19(5-8-24)6-9-25-14-19)22-11-16-4-7-21-17(10-16)26-12-15-2-3-15/h4,7,10,15,24H,2-3,5-6,8-9,11-14H2,1H3,(H2,20,22,23). The van der Waals surface area contributed by atoms with E-state index >= 15 is 0 Å². The molecule has 2 aliphatic rings. The molecule has 1 aromatic heterocycles. The molecule has 1 aliphatic heterocycles. The molecule has 7 heteroatoms. The van der Waals surface area contributed by atoms with Crippen molar-refractivity contribution >= 4 is 5.96 Å². The van der Waals surface area contributed by atoms with Gasteiger partial charge in [0.15, 0.2) is 5.96 Å². The van der Waals surface area contributed by atoms with E-state index in [1.54, 1.807) is 13.2 Å². The average Bonchev–Trinajstić information content (AvgIpc) is 3.39. The first-order chi connectivity index (χ1) is 12.7. The summed E-state index contributed by atoms with van der Waals surface area (Å²) in [5.41, 5.74) is 1.09. The van der Waals surface area contributed by atoms with Crippen molar-refractivity contribution in [3.63, 3.8) is 0 Å². The second-order valence-corrected chi connectivity index (χ2v) is 7.31. The van der Waals surface area contributed by atoms with Crippen LogP contribution in [0.3, 0.4) is 0 Å². The molecule has 0 radical (unpaired) electrons. The minimum atomic E-state index is -0.00709. The Balaban J connectivity index is 1.46. The number of rotatable bonds is 9. The minimum Gasteiger partial charge on any atom is -0.477 e. The van der Waals surface area contributed by atoms with Crippen molar-refractivity contribution in [1.29, 1.82) is 0 Å². The maximum Gasteiger partial charge on any atom is 0.213 e. The van der Waals surface area contributed by atoms with Gasteiger partial charge in [0, 0.05) is 51.0 Å². The van der Waals surface area contributed by atoms with Crippen LogP contribution in [-0.2, 0) is 11.3 Å². The molecular formula is C19H30N4O3. The smallest absolute Gasteiger partial charge is 0.213 e. The number of hydrogen-bond donors (Lipinski definition) is 3. The van der Waals surface area contributed by atoms with Crippen molar-refractivity contribution in [3.8, 4) is 5.88 Å². The number of nitrogens with one attached hydrogen (secondary N) is 2. The monoisotopic (exact) mass is 362 g/mol. The molecule has 26 heavy (non-hydrogen) atoms. The first-order valence-electron chi connectivity index (χ1n) is 9.44. The fraction of sp³-hybridized carbons (Fsp3) is 0.684. The van der Waals surface area contributed by atoms with Crippen molar-refractivity contribution in [3.05, 3.63) is 23.9 Å². The predicted molar refractivity (Wildman–Crippen MR) is 100 cm³/mol. The number of pyridine rings is 1. The summed E-state index contributed by atoms with van der Waals surface area (Å²) in [6.07, 6.45) is 6.02. The van der Waals surface area contributed by atoms with Crippen LogP contribution < -0.4 is 15.4 Å². The fourth-order valence-corrected chi connectivity index (χ4v) is 3.12. The summed E-state index contributed by atoms with van der Waals surface area (Å²) in [6.45, 7) is 3.77. The third-order valence-corrected chi connectivity index (χ3v) is 5.10. The molecule has 7 nitrogen and oxygen atoms in total. The van der Waals surface area contributed by atoms with Crippen LogP contribution in [0, 0.1) is 11.3 Å². The van der Waals surface area contributed by atoms with Gasteiger partial charge in [-0.2, -0.15) is 0 Å². The zero-order chi connectivity index (χ0) is 18.2. The molecule has 1 aromatic rings. The van der Waals surface area contributed by atoms with E-state index in [0.717, 1.165) is 44.1 Å². The number of nitrogens with zero attached hydrogens (tertiary/aromatic N) is 2. The first kappa shape index (κ1) is 18.9. The lowest BCUT2D eigenvalue weighted by molar-refractivity contribution is 0.127. The Morgan fingerprint density at radius 2 is 2.35 bits per heavy atom. The molecule has 2 heterocycles. The molecule has 1 unspecified atom stereocenters. The topological polar surface area (TPSA) is 88.0 Å². The number of guanidine groups is 1. The van der Waals surface area contributed by atoms with Gasteiger partial charge in [0.25, 0.3) is 0 Å². The van der Waals surface area contributed by atoms with Gasteiger partial charge in [-0.25, -0.2) is 4.98 Å². The van der Waals surface area contributed by atoms with Crippen LogP contribution in [0.15, 0.2) is 23.3 Å². The van der Waals surface area contributed by atoms with Crippen LogP contribution >= 0.6 is 0 Å². The minimum absolute atomic E-state index is 0.00709. The molecule has 1 aliphatic carbocycles. The molecule has 144 valence electrons. The number of aromatic nitrogens is 1. The molecule has 1 saturated heterocycles. The van der Waals surface area contributed by atoms with Gasteiger partial charge in [0.2, 0.25) is 5.88 Å². The van der Waals surface area contributed by atoms with Crippen LogP contribution in [-0.4, -0.2) is 56.1 Å². The molecule has 0 bridgehead atoms. The Hall–Kier alpha value is -1.86. The van der Waals surface area contributed by atoms with Gasteiger partial charge in [0.05, 0.1) is 13.2 Å². The van der Waals surface area contributed by atoms with Crippen molar-refractivity contribution in [2.45, 2.75) is 32.2 Å². The summed E-state index contributed by atoms with van der Waals surface area (Å²) in [5, 5.41) is 16.0. The van der Waals surface area contributed by atoms with E-state index in [0.29, 0.717) is 24.9 Å². The van der Waals surface area contributed by atoms with E-state index in [2.05, 4.69) is 20.6 Å². The maximum atomic E-state index is 9.33. The van der Waals surface area contributed by atoms with E-state index in [1.165, 1.54) is 12.8 Å². The Bertz CT molecular complexity index is 598. The number of aliphatic hydroxyl groups is 1. The lowest BCUT2D eigenvalue weighted by Crippen LogP contribution is -2.44. The average molecular weight is 362 g/mol. The molecule has 1 atom stereocenters. The highest BCUT2D eigenvalue weighted by Gasteiger charge is 2.34. The zero-order valence-corrected chi connectivity index (χ0v) is 15.5. The molecule has 2 fully saturated rings. The summed E-state index contributed by atoms with van der Waals surface area (Å²) < 4.78 is 11.3. The van der Waals surface area contributed by atoms with Crippen LogP contribution in [0.4, 0.5) is 0 Å². The largest absolute Gasteiger partial charge is 0.477 e. The van der Waals surface area contributed by atoms with Crippen molar-refractivity contribution in [2.24, 2.45) is 16.3 Å². The summed E-state index contributed by atoms with van der Waals surface area (Å²) in [5.74, 6) is 2.14. The molecular weight excluding hydrogens is 332 g/mol. The quantitative estimate of drug-likeness (QED) is 0.454. The van der Waals surface area contributed by atoms with E-state index in [-0.39, 0.29) is 12.0 Å². The van der Waals surface area contributed by atoms with E-state index in [4.69, 9.17) is 9.47 Å². The van der Waals surface area contributed by atoms with Crippen LogP contribution in [0.5, 0.6) is 5.88 Å². The van der Waals surface area contributed by atoms with Crippen LogP contribution in [0.1, 0.15) is 31.2 Å². The number of ether oxygens (including phenoxy) is 2. The highest BCUT2D eigenvalue weighted by molar-refractivity contribution is 5.79. The lowest BCUT2D eigenvalue weighted by Gasteiger charge is -2.27. The van der Waals surface area contributed by atoms with Crippen LogP contribution in [0.2, 0.25) is 0 Å². The van der Waals surface area contributed by atoms with Crippen molar-refractivity contribution in [1.82, 2.24) is 15.6 Å². The zero-order valence-electron chi connectivity index (χ0n) is 15.5. The highest BCUT2D eigenvalue weighted by atomic mass is 16.5. The van der Waals surface area contributed by atoms with Gasteiger partial charge < -0.3 is 25.2 Å². The van der Waals surface area contributed by atoms with Crippen molar-refractivity contribution in [2.75, 3.05) is 40.0 Å². The van der Waals surface area contributed by atoms with Gasteiger partial charge in [0.1, 0.15) is 0 Å². The van der Waals surface area contributed by atoms with Crippen molar-refractivity contribution < 1.29 is 14.6 Å². The number of hydrogen-bond acceptors (Lipinski definition) is 5. The maximum absolute atomic E-state index is 9.33. The van der Waals surface area contributed by atoms with Gasteiger partial charge in [-0.15, -0.1) is 0 Å². The Morgan fingerprint density at radius 1 is 1.46 bits per heavy atom. The van der Waals surface area contributed by atoms with Gasteiger partial charge in [-0.1, -0.05) is 0 Å².